The summed E-state index contributed by atoms with van der Waals surface area (Å²) in [6.45, 7) is 4.65. The molecule has 1 aliphatic heterocycles. The Labute approximate surface area is 95.2 Å². The third kappa shape index (κ3) is 2.17. The first-order valence-corrected chi connectivity index (χ1v) is 5.41. The highest BCUT2D eigenvalue weighted by Gasteiger charge is 2.19. The predicted octanol–water partition coefficient (Wildman–Crippen LogP) is 1.33. The first kappa shape index (κ1) is 11.0. The number of nitrogens with one attached hydrogen (secondary N) is 2. The summed E-state index contributed by atoms with van der Waals surface area (Å²) in [4.78, 5) is 11.2. The first-order valence-electron chi connectivity index (χ1n) is 5.41. The molecule has 0 saturated carbocycles. The normalized spacial score (nSPS) is 14.6. The summed E-state index contributed by atoms with van der Waals surface area (Å²) in [5.41, 5.74) is 8.49. The van der Waals surface area contributed by atoms with E-state index < -0.39 is 0 Å². The maximum absolute atomic E-state index is 11.2. The van der Waals surface area contributed by atoms with E-state index in [0.717, 1.165) is 16.9 Å². The van der Waals surface area contributed by atoms with Gasteiger partial charge in [-0.15, -0.1) is 0 Å². The van der Waals surface area contributed by atoms with E-state index in [1.807, 2.05) is 32.0 Å². The van der Waals surface area contributed by atoms with Crippen LogP contribution in [-0.2, 0) is 11.2 Å². The zero-order valence-corrected chi connectivity index (χ0v) is 9.63. The van der Waals surface area contributed by atoms with Crippen LogP contribution >= 0.6 is 0 Å². The monoisotopic (exact) mass is 219 g/mol. The molecule has 0 radical (unpaired) electrons. The Kier molecular flexibility index (Phi) is 2.59. The second kappa shape index (κ2) is 3.79. The van der Waals surface area contributed by atoms with Gasteiger partial charge in [-0.05, 0) is 37.6 Å². The second-order valence-electron chi connectivity index (χ2n) is 4.81. The Morgan fingerprint density at radius 3 is 2.94 bits per heavy atom. The molecule has 16 heavy (non-hydrogen) atoms. The number of benzene rings is 1. The van der Waals surface area contributed by atoms with Crippen LogP contribution in [0.5, 0.6) is 0 Å². The highest BCUT2D eigenvalue weighted by Crippen LogP contribution is 2.27. The van der Waals surface area contributed by atoms with E-state index in [2.05, 4.69) is 10.6 Å². The van der Waals surface area contributed by atoms with Crippen LogP contribution < -0.4 is 16.4 Å². The number of nitrogens with two attached hydrogens (primary N) is 1. The molecule has 0 unspecified atom stereocenters. The molecule has 2 rings (SSSR count). The van der Waals surface area contributed by atoms with Gasteiger partial charge in [0.05, 0.1) is 6.42 Å². The number of hydrogen-bond donors (Lipinski definition) is 3. The fourth-order valence-corrected chi connectivity index (χ4v) is 1.75. The minimum Gasteiger partial charge on any atom is -0.379 e. The largest absolute Gasteiger partial charge is 0.379 e. The molecule has 0 fully saturated rings. The van der Waals surface area contributed by atoms with Gasteiger partial charge in [0, 0.05) is 23.5 Å². The lowest BCUT2D eigenvalue weighted by molar-refractivity contribution is -0.115. The minimum atomic E-state index is -0.135. The number of amides is 1. The topological polar surface area (TPSA) is 67.1 Å². The van der Waals surface area contributed by atoms with E-state index in [1.165, 1.54) is 0 Å². The average Bonchev–Trinajstić information content (AvgIpc) is 2.57. The van der Waals surface area contributed by atoms with Crippen LogP contribution in [0.2, 0.25) is 0 Å². The molecule has 1 aliphatic rings. The number of carbonyl (C=O) groups is 1. The third-order valence-corrected chi connectivity index (χ3v) is 2.72. The van der Waals surface area contributed by atoms with Crippen molar-refractivity contribution in [3.05, 3.63) is 23.8 Å². The van der Waals surface area contributed by atoms with E-state index in [4.69, 9.17) is 5.73 Å². The quantitative estimate of drug-likeness (QED) is 0.718. The van der Waals surface area contributed by atoms with Crippen LogP contribution in [0, 0.1) is 0 Å². The standard InChI is InChI=1S/C12H17N3O/c1-12(2,7-13)15-9-3-4-10-8(5-9)6-11(16)14-10/h3-5,15H,6-7,13H2,1-2H3,(H,14,16). The number of fused-ring (bicyclic) bond motifs is 1. The molecule has 1 aromatic rings. The molecule has 4 nitrogen and oxygen atoms in total. The van der Waals surface area contributed by atoms with Crippen LogP contribution in [0.4, 0.5) is 11.4 Å². The van der Waals surface area contributed by atoms with E-state index in [0.29, 0.717) is 13.0 Å². The van der Waals surface area contributed by atoms with Crippen LogP contribution in [0.25, 0.3) is 0 Å². The van der Waals surface area contributed by atoms with Gasteiger partial charge in [-0.3, -0.25) is 4.79 Å². The molecule has 4 N–H and O–H groups in total. The van der Waals surface area contributed by atoms with Crippen molar-refractivity contribution >= 4 is 17.3 Å². The fourth-order valence-electron chi connectivity index (χ4n) is 1.75. The Morgan fingerprint density at radius 2 is 2.25 bits per heavy atom. The van der Waals surface area contributed by atoms with Gasteiger partial charge in [0.15, 0.2) is 0 Å². The van der Waals surface area contributed by atoms with Gasteiger partial charge in [-0.25, -0.2) is 0 Å². The Morgan fingerprint density at radius 1 is 1.50 bits per heavy atom. The number of rotatable bonds is 3. The third-order valence-electron chi connectivity index (χ3n) is 2.72. The molecular formula is C12H17N3O. The van der Waals surface area contributed by atoms with Crippen molar-refractivity contribution in [1.29, 1.82) is 0 Å². The van der Waals surface area contributed by atoms with Crippen molar-refractivity contribution in [2.45, 2.75) is 25.8 Å². The van der Waals surface area contributed by atoms with Crippen molar-refractivity contribution in [1.82, 2.24) is 0 Å². The molecule has 0 bridgehead atoms. The molecular weight excluding hydrogens is 202 g/mol. The number of anilines is 2. The van der Waals surface area contributed by atoms with E-state index in [-0.39, 0.29) is 11.4 Å². The summed E-state index contributed by atoms with van der Waals surface area (Å²) in [6.07, 6.45) is 0.466. The summed E-state index contributed by atoms with van der Waals surface area (Å²) >= 11 is 0. The molecule has 0 saturated heterocycles. The minimum absolute atomic E-state index is 0.0604. The molecule has 4 heteroatoms. The SMILES string of the molecule is CC(C)(CN)Nc1ccc2c(c1)CC(=O)N2. The zero-order valence-electron chi connectivity index (χ0n) is 9.63. The van der Waals surface area contributed by atoms with E-state index in [1.54, 1.807) is 0 Å². The summed E-state index contributed by atoms with van der Waals surface area (Å²) in [5, 5.41) is 6.16. The van der Waals surface area contributed by atoms with Crippen molar-refractivity contribution < 1.29 is 4.79 Å². The molecule has 0 spiro atoms. The fraction of sp³-hybridized carbons (Fsp3) is 0.417. The molecule has 0 aliphatic carbocycles. The van der Waals surface area contributed by atoms with Gasteiger partial charge in [0.2, 0.25) is 5.91 Å². The van der Waals surface area contributed by atoms with Crippen LogP contribution in [-0.4, -0.2) is 18.0 Å². The number of carbonyl (C=O) groups excluding carboxylic acids is 1. The average molecular weight is 219 g/mol. The molecule has 0 aromatic heterocycles. The lowest BCUT2D eigenvalue weighted by Crippen LogP contribution is -2.39. The van der Waals surface area contributed by atoms with Gasteiger partial charge in [-0.1, -0.05) is 0 Å². The highest BCUT2D eigenvalue weighted by atomic mass is 16.1. The highest BCUT2D eigenvalue weighted by molar-refractivity contribution is 5.99. The van der Waals surface area contributed by atoms with Gasteiger partial charge in [-0.2, -0.15) is 0 Å². The van der Waals surface area contributed by atoms with Crippen LogP contribution in [0.3, 0.4) is 0 Å². The molecule has 1 aromatic carbocycles. The number of hydrogen-bond acceptors (Lipinski definition) is 3. The molecule has 86 valence electrons. The van der Waals surface area contributed by atoms with Crippen molar-refractivity contribution in [3.8, 4) is 0 Å². The maximum atomic E-state index is 11.2. The Balaban J connectivity index is 2.20. The van der Waals surface area contributed by atoms with Crippen molar-refractivity contribution in [2.75, 3.05) is 17.2 Å². The van der Waals surface area contributed by atoms with E-state index >= 15 is 0 Å². The van der Waals surface area contributed by atoms with Gasteiger partial charge in [0.25, 0.3) is 0 Å². The van der Waals surface area contributed by atoms with Gasteiger partial charge in [0.1, 0.15) is 0 Å². The Bertz CT molecular complexity index is 426. The van der Waals surface area contributed by atoms with Crippen LogP contribution in [0.1, 0.15) is 19.4 Å². The van der Waals surface area contributed by atoms with Gasteiger partial charge >= 0.3 is 0 Å². The van der Waals surface area contributed by atoms with Crippen LogP contribution in [0.15, 0.2) is 18.2 Å². The molecule has 1 amide bonds. The lowest BCUT2D eigenvalue weighted by Gasteiger charge is -2.25. The predicted molar refractivity (Wildman–Crippen MR) is 65.5 cm³/mol. The summed E-state index contributed by atoms with van der Waals surface area (Å²) < 4.78 is 0. The summed E-state index contributed by atoms with van der Waals surface area (Å²) in [7, 11) is 0. The first-order chi connectivity index (χ1) is 7.50. The maximum Gasteiger partial charge on any atom is 0.228 e. The van der Waals surface area contributed by atoms with E-state index in [9.17, 15) is 4.79 Å². The summed E-state index contributed by atoms with van der Waals surface area (Å²) in [5.74, 6) is 0.0604. The molecule has 0 atom stereocenters. The lowest BCUT2D eigenvalue weighted by atomic mass is 10.0. The van der Waals surface area contributed by atoms with Gasteiger partial charge < -0.3 is 16.4 Å². The summed E-state index contributed by atoms with van der Waals surface area (Å²) in [6, 6.07) is 5.89. The molecule has 1 heterocycles. The van der Waals surface area contributed by atoms with Crippen molar-refractivity contribution in [3.63, 3.8) is 0 Å². The van der Waals surface area contributed by atoms with Crippen molar-refractivity contribution in [2.24, 2.45) is 5.73 Å². The second-order valence-corrected chi connectivity index (χ2v) is 4.81. The Hall–Kier alpha value is -1.55. The smallest absolute Gasteiger partial charge is 0.228 e. The zero-order chi connectivity index (χ0) is 11.8.